The standard InChI is InChI=1S/C44H37Cl2N3O5/c1-2-53-40-22-27(13-16-39(40)54-26-30-14-15-31(45)23-38(30)46)21-37-42(50)47-44(52)49(43(37)51)32-24-35-33(28-9-5-3-6-10-28)17-19-48-20-18-34(36(25-32)41(35)48)29-11-7-4-8-12-29/h3-16,21-25,33-34H,2,17-20,26H2,1H3,(H,47,50,52)/b37-21+/t33-,34+. The largest absolute Gasteiger partial charge is 0.490 e. The van der Waals surface area contributed by atoms with Crippen molar-refractivity contribution in [2.24, 2.45) is 0 Å². The number of amides is 4. The Morgan fingerprint density at radius 2 is 1.41 bits per heavy atom. The molecule has 0 aromatic heterocycles. The third kappa shape index (κ3) is 6.83. The summed E-state index contributed by atoms with van der Waals surface area (Å²) in [5, 5.41) is 3.43. The summed E-state index contributed by atoms with van der Waals surface area (Å²) in [5.74, 6) is -0.461. The van der Waals surface area contributed by atoms with Crippen LogP contribution in [-0.4, -0.2) is 37.5 Å². The van der Waals surface area contributed by atoms with E-state index in [1.165, 1.54) is 22.9 Å². The highest BCUT2D eigenvalue weighted by Crippen LogP contribution is 2.50. The fraction of sp³-hybridized carbons (Fsp3) is 0.205. The van der Waals surface area contributed by atoms with Gasteiger partial charge < -0.3 is 14.4 Å². The second-order valence-electron chi connectivity index (χ2n) is 13.6. The van der Waals surface area contributed by atoms with Gasteiger partial charge in [-0.2, -0.15) is 0 Å². The van der Waals surface area contributed by atoms with Gasteiger partial charge in [0.1, 0.15) is 12.2 Å². The fourth-order valence-corrected chi connectivity index (χ4v) is 8.29. The van der Waals surface area contributed by atoms with Crippen molar-refractivity contribution >= 4 is 58.5 Å². The molecule has 0 saturated carbocycles. The summed E-state index contributed by atoms with van der Waals surface area (Å²) in [6.07, 6.45) is 3.27. The first-order valence-electron chi connectivity index (χ1n) is 18.1. The molecule has 8 rings (SSSR count). The number of carbonyl (C=O) groups is 3. The molecule has 3 aliphatic rings. The van der Waals surface area contributed by atoms with Crippen LogP contribution in [0.5, 0.6) is 11.5 Å². The van der Waals surface area contributed by atoms with Gasteiger partial charge >= 0.3 is 6.03 Å². The molecule has 0 radical (unpaired) electrons. The molecule has 54 heavy (non-hydrogen) atoms. The van der Waals surface area contributed by atoms with Crippen molar-refractivity contribution in [2.45, 2.75) is 38.2 Å². The van der Waals surface area contributed by atoms with E-state index < -0.39 is 17.8 Å². The van der Waals surface area contributed by atoms with Crippen molar-refractivity contribution < 1.29 is 23.9 Å². The zero-order chi connectivity index (χ0) is 37.3. The number of nitrogens with one attached hydrogen (secondary N) is 1. The molecule has 5 aromatic carbocycles. The van der Waals surface area contributed by atoms with Gasteiger partial charge in [-0.3, -0.25) is 14.9 Å². The molecule has 8 nitrogen and oxygen atoms in total. The van der Waals surface area contributed by atoms with E-state index in [2.05, 4.69) is 34.5 Å². The normalized spacial score (nSPS) is 18.7. The van der Waals surface area contributed by atoms with Crippen LogP contribution in [0.1, 0.15) is 65.0 Å². The lowest BCUT2D eigenvalue weighted by atomic mass is 9.76. The van der Waals surface area contributed by atoms with Gasteiger partial charge in [-0.05, 0) is 90.1 Å². The summed E-state index contributed by atoms with van der Waals surface area (Å²) in [6, 6.07) is 34.2. The summed E-state index contributed by atoms with van der Waals surface area (Å²) < 4.78 is 11.9. The highest BCUT2D eigenvalue weighted by Gasteiger charge is 2.40. The van der Waals surface area contributed by atoms with Crippen molar-refractivity contribution in [3.63, 3.8) is 0 Å². The molecule has 0 unspecified atom stereocenters. The molecule has 10 heteroatoms. The zero-order valence-electron chi connectivity index (χ0n) is 29.6. The Kier molecular flexibility index (Phi) is 9.88. The average molecular weight is 759 g/mol. The Balaban J connectivity index is 1.17. The van der Waals surface area contributed by atoms with Gasteiger partial charge in [0.05, 0.1) is 12.3 Å². The molecule has 0 bridgehead atoms. The van der Waals surface area contributed by atoms with Gasteiger partial charge in [-0.1, -0.05) is 96.0 Å². The van der Waals surface area contributed by atoms with Crippen LogP contribution in [0.15, 0.2) is 115 Å². The number of nitrogens with zero attached hydrogens (tertiary/aromatic N) is 2. The predicted molar refractivity (Wildman–Crippen MR) is 212 cm³/mol. The van der Waals surface area contributed by atoms with E-state index in [1.807, 2.05) is 55.5 Å². The second kappa shape index (κ2) is 15.0. The van der Waals surface area contributed by atoms with Gasteiger partial charge in [0.2, 0.25) is 0 Å². The van der Waals surface area contributed by atoms with Crippen molar-refractivity contribution in [1.29, 1.82) is 0 Å². The minimum absolute atomic E-state index is 0.0682. The first-order chi connectivity index (χ1) is 26.3. The van der Waals surface area contributed by atoms with Crippen LogP contribution in [0.3, 0.4) is 0 Å². The summed E-state index contributed by atoms with van der Waals surface area (Å²) in [6.45, 7) is 4.19. The maximum absolute atomic E-state index is 14.4. The third-order valence-electron chi connectivity index (χ3n) is 10.3. The number of anilines is 2. The molecule has 0 spiro atoms. The minimum Gasteiger partial charge on any atom is -0.490 e. The van der Waals surface area contributed by atoms with E-state index in [-0.39, 0.29) is 24.0 Å². The molecule has 4 amide bonds. The van der Waals surface area contributed by atoms with Crippen LogP contribution in [0.2, 0.25) is 10.0 Å². The SMILES string of the molecule is CCOc1cc(/C=C2\C(=O)NC(=O)N(c3cc4c5c(c3)[C@H](c3ccccc3)CCN5CC[C@@H]4c3ccccc3)C2=O)ccc1OCc1ccc(Cl)cc1Cl. The van der Waals surface area contributed by atoms with Gasteiger partial charge in [0, 0.05) is 46.2 Å². The van der Waals surface area contributed by atoms with Gasteiger partial charge in [-0.15, -0.1) is 0 Å². The molecule has 2 atom stereocenters. The molecular formula is C44H37Cl2N3O5. The zero-order valence-corrected chi connectivity index (χ0v) is 31.1. The van der Waals surface area contributed by atoms with Gasteiger partial charge in [-0.25, -0.2) is 9.69 Å². The maximum atomic E-state index is 14.4. The number of imide groups is 2. The average Bonchev–Trinajstić information content (AvgIpc) is 3.17. The molecule has 1 saturated heterocycles. The van der Waals surface area contributed by atoms with Crippen LogP contribution in [0.25, 0.3) is 6.08 Å². The van der Waals surface area contributed by atoms with Crippen LogP contribution < -0.4 is 24.6 Å². The number of hydrogen-bond acceptors (Lipinski definition) is 6. The molecule has 272 valence electrons. The summed E-state index contributed by atoms with van der Waals surface area (Å²) in [7, 11) is 0. The summed E-state index contributed by atoms with van der Waals surface area (Å²) >= 11 is 12.4. The van der Waals surface area contributed by atoms with E-state index in [4.69, 9.17) is 32.7 Å². The Morgan fingerprint density at radius 3 is 2.02 bits per heavy atom. The molecule has 1 fully saturated rings. The van der Waals surface area contributed by atoms with Crippen LogP contribution >= 0.6 is 23.2 Å². The number of benzene rings is 5. The topological polar surface area (TPSA) is 88.2 Å². The van der Waals surface area contributed by atoms with Gasteiger partial charge in [0.15, 0.2) is 11.5 Å². The molecule has 3 aliphatic heterocycles. The quantitative estimate of drug-likeness (QED) is 0.119. The fourth-order valence-electron chi connectivity index (χ4n) is 7.82. The van der Waals surface area contributed by atoms with E-state index >= 15 is 0 Å². The Labute approximate surface area is 323 Å². The van der Waals surface area contributed by atoms with E-state index in [9.17, 15) is 14.4 Å². The monoisotopic (exact) mass is 757 g/mol. The van der Waals surface area contributed by atoms with Crippen molar-refractivity contribution in [3.05, 3.63) is 158 Å². The number of barbiturate groups is 1. The van der Waals surface area contributed by atoms with E-state index in [0.717, 1.165) is 47.5 Å². The number of rotatable bonds is 9. The summed E-state index contributed by atoms with van der Waals surface area (Å²) in [5.41, 5.74) is 7.18. The Bertz CT molecular complexity index is 2220. The van der Waals surface area contributed by atoms with Crippen molar-refractivity contribution in [3.8, 4) is 11.5 Å². The van der Waals surface area contributed by atoms with Crippen molar-refractivity contribution in [2.75, 3.05) is 29.5 Å². The lowest BCUT2D eigenvalue weighted by Crippen LogP contribution is -2.54. The minimum atomic E-state index is -0.787. The van der Waals surface area contributed by atoms with E-state index in [0.29, 0.717) is 39.4 Å². The van der Waals surface area contributed by atoms with Gasteiger partial charge in [0.25, 0.3) is 11.8 Å². The van der Waals surface area contributed by atoms with E-state index in [1.54, 1.807) is 36.4 Å². The lowest BCUT2D eigenvalue weighted by molar-refractivity contribution is -0.122. The molecule has 5 aromatic rings. The first-order valence-corrected chi connectivity index (χ1v) is 18.8. The highest BCUT2D eigenvalue weighted by molar-refractivity contribution is 6.39. The predicted octanol–water partition coefficient (Wildman–Crippen LogP) is 9.52. The molecule has 0 aliphatic carbocycles. The van der Waals surface area contributed by atoms with Crippen LogP contribution in [0, 0.1) is 0 Å². The Morgan fingerprint density at radius 1 is 0.759 bits per heavy atom. The number of halogens is 2. The molecule has 1 N–H and O–H groups in total. The first kappa shape index (κ1) is 35.5. The molecular weight excluding hydrogens is 721 g/mol. The summed E-state index contributed by atoms with van der Waals surface area (Å²) in [4.78, 5) is 44.9. The highest BCUT2D eigenvalue weighted by atomic mass is 35.5. The van der Waals surface area contributed by atoms with Crippen LogP contribution in [0.4, 0.5) is 16.2 Å². The molecule has 3 heterocycles. The van der Waals surface area contributed by atoms with Crippen molar-refractivity contribution in [1.82, 2.24) is 5.32 Å². The number of carbonyl (C=O) groups excluding carboxylic acids is 3. The number of urea groups is 1. The Hall–Kier alpha value is -5.57. The third-order valence-corrected chi connectivity index (χ3v) is 10.9. The van der Waals surface area contributed by atoms with Crippen LogP contribution in [-0.2, 0) is 16.2 Å². The smallest absolute Gasteiger partial charge is 0.335 e. The second-order valence-corrected chi connectivity index (χ2v) is 14.4. The number of hydrogen-bond donors (Lipinski definition) is 1. The maximum Gasteiger partial charge on any atom is 0.335 e. The number of ether oxygens (including phenoxy) is 2. The lowest BCUT2D eigenvalue weighted by Gasteiger charge is -2.44.